The average molecular weight is 1290 g/mol. The molecule has 0 saturated carbocycles. The molecule has 1 saturated heterocycles. The number of hydrogen-bond donors (Lipinski definition) is 9. The second-order valence-electron chi connectivity index (χ2n) is 24.9. The van der Waals surface area contributed by atoms with Gasteiger partial charge in [-0.2, -0.15) is 0 Å². The van der Waals surface area contributed by atoms with Crippen LogP contribution >= 0.6 is 0 Å². The van der Waals surface area contributed by atoms with Crippen molar-refractivity contribution < 1.29 is 72.0 Å². The molecule has 1 heterocycles. The zero-order chi connectivity index (χ0) is 69.1. The van der Waals surface area contributed by atoms with Gasteiger partial charge in [0.1, 0.15) is 37.4 Å². The highest BCUT2D eigenvalue weighted by molar-refractivity contribution is 5.99. The highest BCUT2D eigenvalue weighted by atomic mass is 16.6. The molecule has 1 aliphatic heterocycles. The number of aliphatic hydroxyl groups is 1. The maximum absolute atomic E-state index is 14.8. The van der Waals surface area contributed by atoms with Gasteiger partial charge in [-0.25, -0.2) is 9.59 Å². The van der Waals surface area contributed by atoms with Crippen LogP contribution in [0.5, 0.6) is 0 Å². The number of carbonyl (C=O) groups excluding carboxylic acids is 10. The molecule has 11 N–H and O–H groups in total. The maximum Gasteiger partial charge on any atom is 0.410 e. The number of amides is 10. The van der Waals surface area contributed by atoms with Crippen molar-refractivity contribution in [2.75, 3.05) is 53.3 Å². The molecule has 92 heavy (non-hydrogen) atoms. The van der Waals surface area contributed by atoms with Gasteiger partial charge in [0, 0.05) is 53.5 Å². The minimum absolute atomic E-state index is 0.00490. The Morgan fingerprint density at radius 1 is 0.750 bits per heavy atom. The highest BCUT2D eigenvalue weighted by Gasteiger charge is 2.44. The van der Waals surface area contributed by atoms with Gasteiger partial charge in [0.05, 0.1) is 54.8 Å². The molecule has 0 aliphatic carbocycles. The smallest absolute Gasteiger partial charge is 0.410 e. The quantitative estimate of drug-likeness (QED) is 0.0255. The van der Waals surface area contributed by atoms with Crippen molar-refractivity contribution in [2.45, 2.75) is 194 Å². The number of nitrogens with two attached hydrogens (primary N) is 2. The minimum Gasteiger partial charge on any atom is -0.461 e. The fraction of sp³-hybridized carbons (Fsp3) is 0.636. The maximum atomic E-state index is 14.8. The molecule has 13 atom stereocenters. The van der Waals surface area contributed by atoms with Crippen LogP contribution in [0.25, 0.3) is 0 Å². The molecule has 0 aromatic heterocycles. The standard InChI is InChI=1S/C66H105N11O15/c1-16-35-91-52(79)32-31-47(67)60(82)73-53(38(3)4)62(84)72-48(25-21-33-69-65(68)87)61(83)71-46-29-27-44(28-30-46)37-92-66(88)76(13)55(40(7)8)63(85)74-54(39(5)6)64(86)75(12)56(41(9)17-2)50(89-14)36-51(78)77-34-22-26-49(77)58(90-15)42(10)59(81)70-43(11)57(80)45-23-19-18-20-24-45/h16,18-20,23-24,27-30,38-43,47-50,53-58,80H,1,17,21-22,25-26,31-37,67H2,2-15H3,(H,70,81)(H,71,83)(H,72,84)(H,73,82)(H,74,85)(H3,68,69,87)/t41-,42+,43+,47?,48-,49-,50?,53-,54-,55-,56-,57+,58+/m0/s1. The number of anilines is 1. The van der Waals surface area contributed by atoms with Crippen molar-refractivity contribution >= 4 is 65.1 Å². The number of urea groups is 1. The minimum atomic E-state index is -1.16. The zero-order valence-electron chi connectivity index (χ0n) is 56.4. The van der Waals surface area contributed by atoms with E-state index in [0.29, 0.717) is 42.6 Å². The molecule has 3 rings (SSSR count). The van der Waals surface area contributed by atoms with Crippen molar-refractivity contribution in [3.05, 3.63) is 78.4 Å². The number of aliphatic hydroxyl groups excluding tert-OH is 1. The molecule has 1 fully saturated rings. The summed E-state index contributed by atoms with van der Waals surface area (Å²) in [5.74, 6) is -6.36. The number of nitrogens with zero attached hydrogens (tertiary/aromatic N) is 3. The Kier molecular flexibility index (Phi) is 33.3. The predicted molar refractivity (Wildman–Crippen MR) is 347 cm³/mol. The number of likely N-dealkylation sites (N-methyl/N-ethyl adjacent to an activating group) is 2. The Morgan fingerprint density at radius 2 is 1.38 bits per heavy atom. The van der Waals surface area contributed by atoms with E-state index in [4.69, 9.17) is 30.4 Å². The molecule has 2 aromatic rings. The van der Waals surface area contributed by atoms with Crippen molar-refractivity contribution in [1.82, 2.24) is 41.3 Å². The summed E-state index contributed by atoms with van der Waals surface area (Å²) in [7, 11) is 6.07. The van der Waals surface area contributed by atoms with Crippen molar-refractivity contribution in [1.29, 1.82) is 0 Å². The van der Waals surface area contributed by atoms with Gasteiger partial charge >= 0.3 is 18.1 Å². The fourth-order valence-corrected chi connectivity index (χ4v) is 11.3. The van der Waals surface area contributed by atoms with E-state index in [0.717, 1.165) is 0 Å². The van der Waals surface area contributed by atoms with Gasteiger partial charge in [0.25, 0.3) is 0 Å². The number of ether oxygens (including phenoxy) is 4. The number of primary amides is 1. The van der Waals surface area contributed by atoms with Crippen LogP contribution in [0.4, 0.5) is 15.3 Å². The van der Waals surface area contributed by atoms with Gasteiger partial charge in [-0.1, -0.05) is 124 Å². The molecule has 0 spiro atoms. The van der Waals surface area contributed by atoms with Crippen LogP contribution in [0.1, 0.15) is 138 Å². The summed E-state index contributed by atoms with van der Waals surface area (Å²) in [5, 5.41) is 27.4. The summed E-state index contributed by atoms with van der Waals surface area (Å²) < 4.78 is 22.7. The van der Waals surface area contributed by atoms with Gasteiger partial charge < -0.3 is 77.2 Å². The van der Waals surface area contributed by atoms with Crippen molar-refractivity contribution in [3.63, 3.8) is 0 Å². The number of methoxy groups -OCH3 is 2. The van der Waals surface area contributed by atoms with Crippen LogP contribution in [-0.4, -0.2) is 188 Å². The lowest BCUT2D eigenvalue weighted by Gasteiger charge is -2.41. The number of likely N-dealkylation sites (tertiary alicyclic amines) is 1. The second kappa shape index (κ2) is 39.0. The lowest BCUT2D eigenvalue weighted by atomic mass is 9.89. The largest absolute Gasteiger partial charge is 0.461 e. The fourth-order valence-electron chi connectivity index (χ4n) is 11.3. The Labute approximate surface area is 543 Å². The molecule has 10 amide bonds. The SMILES string of the molecule is C=CCOC(=O)CCC(N)C(=O)N[C@H](C(=O)N[C@@H](CCCNC(N)=O)C(=O)Nc1ccc(COC(=O)N(C)[C@H](C(=O)N[C@H](C(=O)N(C)[C@H](C(CC(=O)N2CCC[C@H]2[C@H](OC)[C@@H](C)C(=O)N[C@H](C)[C@@H](O)c2ccccc2)OC)[C@@H](C)CC)C(C)C)C(C)C)cc1)C(C)C. The van der Waals surface area contributed by atoms with E-state index >= 15 is 0 Å². The predicted octanol–water partition coefficient (Wildman–Crippen LogP) is 4.43. The third-order valence-electron chi connectivity index (χ3n) is 16.9. The van der Waals surface area contributed by atoms with E-state index in [9.17, 15) is 53.1 Å². The zero-order valence-corrected chi connectivity index (χ0v) is 56.4. The first kappa shape index (κ1) is 78.6. The molecule has 1 aliphatic rings. The van der Waals surface area contributed by atoms with Gasteiger partial charge in [0.15, 0.2) is 0 Å². The molecular formula is C66H105N11O15. The van der Waals surface area contributed by atoms with Crippen LogP contribution in [0.15, 0.2) is 67.3 Å². The molecule has 2 unspecified atom stereocenters. The second-order valence-corrected chi connectivity index (χ2v) is 24.9. The number of carbonyl (C=O) groups is 10. The monoisotopic (exact) mass is 1290 g/mol. The number of esters is 1. The van der Waals surface area contributed by atoms with Crippen molar-refractivity contribution in [3.8, 4) is 0 Å². The summed E-state index contributed by atoms with van der Waals surface area (Å²) in [5.41, 5.74) is 12.8. The molecule has 0 bridgehead atoms. The third-order valence-corrected chi connectivity index (χ3v) is 16.9. The number of benzene rings is 2. The van der Waals surface area contributed by atoms with E-state index in [1.165, 1.54) is 32.2 Å². The number of rotatable bonds is 38. The molecular weight excluding hydrogens is 1190 g/mol. The molecule has 514 valence electrons. The first-order valence-corrected chi connectivity index (χ1v) is 31.9. The van der Waals surface area contributed by atoms with Gasteiger partial charge in [-0.15, -0.1) is 0 Å². The Balaban J connectivity index is 1.71. The Bertz CT molecular complexity index is 2740. The van der Waals surface area contributed by atoms with Crippen LogP contribution in [0, 0.1) is 29.6 Å². The van der Waals surface area contributed by atoms with Crippen LogP contribution < -0.4 is 43.4 Å². The lowest BCUT2D eigenvalue weighted by Crippen LogP contribution is -2.60. The van der Waals surface area contributed by atoms with E-state index in [-0.39, 0.29) is 69.6 Å². The summed E-state index contributed by atoms with van der Waals surface area (Å²) in [4.78, 5) is 139. The highest BCUT2D eigenvalue weighted by Crippen LogP contribution is 2.30. The molecule has 2 aromatic carbocycles. The Morgan fingerprint density at radius 3 is 1.95 bits per heavy atom. The molecule has 26 nitrogen and oxygen atoms in total. The lowest BCUT2D eigenvalue weighted by molar-refractivity contribution is -0.148. The van der Waals surface area contributed by atoms with E-state index in [2.05, 4.69) is 38.5 Å². The molecule has 0 radical (unpaired) electrons. The van der Waals surface area contributed by atoms with Crippen LogP contribution in [-0.2, 0) is 63.9 Å². The summed E-state index contributed by atoms with van der Waals surface area (Å²) in [6.07, 6.45) is 0.0618. The summed E-state index contributed by atoms with van der Waals surface area (Å²) in [6.45, 7) is 21.7. The first-order valence-electron chi connectivity index (χ1n) is 31.9. The van der Waals surface area contributed by atoms with Crippen LogP contribution in [0.2, 0.25) is 0 Å². The van der Waals surface area contributed by atoms with E-state index in [1.54, 1.807) is 109 Å². The number of nitrogens with one attached hydrogen (secondary N) is 6. The van der Waals surface area contributed by atoms with Gasteiger partial charge in [-0.05, 0) is 86.0 Å². The number of hydrogen-bond acceptors (Lipinski definition) is 16. The van der Waals surface area contributed by atoms with Gasteiger partial charge in [0.2, 0.25) is 41.4 Å². The summed E-state index contributed by atoms with van der Waals surface area (Å²) >= 11 is 0. The van der Waals surface area contributed by atoms with Crippen LogP contribution in [0.3, 0.4) is 0 Å². The summed E-state index contributed by atoms with van der Waals surface area (Å²) in [6, 6.07) is 7.34. The van der Waals surface area contributed by atoms with Gasteiger partial charge in [-0.3, -0.25) is 43.3 Å². The normalized spacial score (nSPS) is 17.0. The topological polar surface area (TPSA) is 362 Å². The average Bonchev–Trinajstić information content (AvgIpc) is 1.58. The third kappa shape index (κ3) is 23.8. The van der Waals surface area contributed by atoms with Crippen molar-refractivity contribution in [2.24, 2.45) is 41.1 Å². The molecule has 26 heteroatoms. The first-order chi connectivity index (χ1) is 43.4. The van der Waals surface area contributed by atoms with E-state index in [1.807, 2.05) is 32.0 Å². The van der Waals surface area contributed by atoms with E-state index < -0.39 is 138 Å². The Hall–Kier alpha value is -7.68.